The Morgan fingerprint density at radius 3 is 2.79 bits per heavy atom. The fourth-order valence-corrected chi connectivity index (χ4v) is 1.26. The zero-order valence-electron chi connectivity index (χ0n) is 7.98. The zero-order valence-corrected chi connectivity index (χ0v) is 7.98. The van der Waals surface area contributed by atoms with Crippen LogP contribution in [-0.4, -0.2) is 12.7 Å². The molecule has 1 aromatic rings. The van der Waals surface area contributed by atoms with Gasteiger partial charge in [0.25, 0.3) is 0 Å². The maximum absolute atomic E-state index is 5.70. The summed E-state index contributed by atoms with van der Waals surface area (Å²) >= 11 is 0. The van der Waals surface area contributed by atoms with Crippen molar-refractivity contribution in [3.05, 3.63) is 49.1 Å². The third-order valence-corrected chi connectivity index (χ3v) is 2.03. The number of hydrogen-bond donors (Lipinski definition) is 0. The van der Waals surface area contributed by atoms with Crippen LogP contribution in [0.3, 0.4) is 0 Å². The molecule has 0 aromatic heterocycles. The Morgan fingerprint density at radius 1 is 1.50 bits per heavy atom. The fourth-order valence-electron chi connectivity index (χ4n) is 1.26. The molecule has 1 heterocycles. The van der Waals surface area contributed by atoms with Crippen LogP contribution in [0.4, 0.5) is 0 Å². The molecule has 14 heavy (non-hydrogen) atoms. The summed E-state index contributed by atoms with van der Waals surface area (Å²) < 4.78 is 10.9. The van der Waals surface area contributed by atoms with Crippen LogP contribution in [0, 0.1) is 6.10 Å². The molecule has 0 N–H and O–H groups in total. The van der Waals surface area contributed by atoms with Crippen molar-refractivity contribution in [2.24, 2.45) is 0 Å². The van der Waals surface area contributed by atoms with Gasteiger partial charge in [-0.2, -0.15) is 0 Å². The quantitative estimate of drug-likeness (QED) is 0.524. The Morgan fingerprint density at radius 2 is 2.21 bits per heavy atom. The van der Waals surface area contributed by atoms with Crippen molar-refractivity contribution in [3.63, 3.8) is 0 Å². The van der Waals surface area contributed by atoms with E-state index in [1.807, 2.05) is 36.4 Å². The lowest BCUT2D eigenvalue weighted by Crippen LogP contribution is -2.12. The molecule has 0 spiro atoms. The van der Waals surface area contributed by atoms with Gasteiger partial charge in [-0.3, -0.25) is 0 Å². The molecule has 2 rings (SSSR count). The lowest BCUT2D eigenvalue weighted by molar-refractivity contribution is 0.258. The fraction of sp³-hybridized carbons (Fsp3) is 0.250. The molecule has 1 fully saturated rings. The first kappa shape index (κ1) is 9.28. The second kappa shape index (κ2) is 4.29. The van der Waals surface area contributed by atoms with Crippen LogP contribution in [-0.2, 0) is 4.74 Å². The first-order valence-corrected chi connectivity index (χ1v) is 4.71. The van der Waals surface area contributed by atoms with Crippen LogP contribution < -0.4 is 4.74 Å². The molecular weight excluding hydrogens is 176 g/mol. The Labute approximate surface area is 84.2 Å². The lowest BCUT2D eigenvalue weighted by atomic mass is 10.2. The molecule has 0 aliphatic carbocycles. The Kier molecular flexibility index (Phi) is 2.84. The Balaban J connectivity index is 1.96. The topological polar surface area (TPSA) is 21.8 Å². The molecule has 2 nitrogen and oxygen atoms in total. The number of epoxide rings is 1. The van der Waals surface area contributed by atoms with Crippen molar-refractivity contribution in [1.29, 1.82) is 0 Å². The van der Waals surface area contributed by atoms with Gasteiger partial charge in [0.2, 0.25) is 0 Å². The standard InChI is InChI=1S/C12H13O2/c1-2-6-11(12-9-13-12)14-10-7-4-3-5-8-10/h2-5,7-8,12H,1,6,9H2. The van der Waals surface area contributed by atoms with E-state index in [0.717, 1.165) is 24.9 Å². The first-order chi connectivity index (χ1) is 6.90. The Bertz CT molecular complexity index is 290. The minimum Gasteiger partial charge on any atom is -0.480 e. The van der Waals surface area contributed by atoms with E-state index in [0.29, 0.717) is 0 Å². The highest BCUT2D eigenvalue weighted by Gasteiger charge is 2.35. The van der Waals surface area contributed by atoms with Gasteiger partial charge < -0.3 is 9.47 Å². The van der Waals surface area contributed by atoms with E-state index < -0.39 is 0 Å². The second-order valence-corrected chi connectivity index (χ2v) is 3.20. The molecule has 1 radical (unpaired) electrons. The van der Waals surface area contributed by atoms with Gasteiger partial charge in [-0.05, 0) is 12.1 Å². The minimum atomic E-state index is 0.174. The van der Waals surface area contributed by atoms with Crippen molar-refractivity contribution in [2.45, 2.75) is 12.5 Å². The molecule has 1 saturated heterocycles. The van der Waals surface area contributed by atoms with Gasteiger partial charge in [-0.15, -0.1) is 6.58 Å². The summed E-state index contributed by atoms with van der Waals surface area (Å²) in [6.07, 6.45) is 3.71. The molecular formula is C12H13O2. The van der Waals surface area contributed by atoms with Crippen molar-refractivity contribution in [3.8, 4) is 5.75 Å². The lowest BCUT2D eigenvalue weighted by Gasteiger charge is -2.13. The van der Waals surface area contributed by atoms with Gasteiger partial charge in [-0.1, -0.05) is 24.3 Å². The molecule has 1 aliphatic heterocycles. The summed E-state index contributed by atoms with van der Waals surface area (Å²) in [4.78, 5) is 0. The molecule has 0 amide bonds. The summed E-state index contributed by atoms with van der Waals surface area (Å²) in [5.74, 6) is 0.861. The number of benzene rings is 1. The predicted molar refractivity (Wildman–Crippen MR) is 54.9 cm³/mol. The number of ether oxygens (including phenoxy) is 2. The SMILES string of the molecule is C=CC[C](Oc1ccccc1)C1CO1. The third kappa shape index (κ3) is 2.36. The van der Waals surface area contributed by atoms with Crippen LogP contribution >= 0.6 is 0 Å². The Hall–Kier alpha value is -1.28. The maximum atomic E-state index is 5.70. The van der Waals surface area contributed by atoms with Crippen LogP contribution in [0.15, 0.2) is 43.0 Å². The smallest absolute Gasteiger partial charge is 0.183 e. The van der Waals surface area contributed by atoms with Crippen LogP contribution in [0.25, 0.3) is 0 Å². The number of rotatable bonds is 5. The van der Waals surface area contributed by atoms with E-state index in [-0.39, 0.29) is 6.10 Å². The summed E-state index contributed by atoms with van der Waals surface area (Å²) in [5.41, 5.74) is 0. The molecule has 0 bridgehead atoms. The number of para-hydroxylation sites is 1. The molecule has 1 atom stereocenters. The highest BCUT2D eigenvalue weighted by atomic mass is 16.6. The third-order valence-electron chi connectivity index (χ3n) is 2.03. The summed E-state index contributed by atoms with van der Waals surface area (Å²) in [6, 6.07) is 9.74. The highest BCUT2D eigenvalue weighted by molar-refractivity contribution is 5.23. The average Bonchev–Trinajstić information content (AvgIpc) is 3.02. The van der Waals surface area contributed by atoms with Gasteiger partial charge in [-0.25, -0.2) is 0 Å². The van der Waals surface area contributed by atoms with Crippen molar-refractivity contribution >= 4 is 0 Å². The molecule has 0 saturated carbocycles. The van der Waals surface area contributed by atoms with E-state index in [1.165, 1.54) is 0 Å². The van der Waals surface area contributed by atoms with Crippen LogP contribution in [0.1, 0.15) is 6.42 Å². The van der Waals surface area contributed by atoms with E-state index in [4.69, 9.17) is 9.47 Å². The summed E-state index contributed by atoms with van der Waals surface area (Å²) in [7, 11) is 0. The van der Waals surface area contributed by atoms with Crippen molar-refractivity contribution in [1.82, 2.24) is 0 Å². The molecule has 1 aromatic carbocycles. The largest absolute Gasteiger partial charge is 0.480 e. The molecule has 73 valence electrons. The van der Waals surface area contributed by atoms with Crippen LogP contribution in [0.5, 0.6) is 5.75 Å². The number of hydrogen-bond acceptors (Lipinski definition) is 2. The zero-order chi connectivity index (χ0) is 9.80. The van der Waals surface area contributed by atoms with Gasteiger partial charge in [0.05, 0.1) is 6.61 Å². The van der Waals surface area contributed by atoms with Gasteiger partial charge >= 0.3 is 0 Å². The average molecular weight is 189 g/mol. The summed E-state index contributed by atoms with van der Waals surface area (Å²) in [5, 5.41) is 0. The van der Waals surface area contributed by atoms with Gasteiger partial charge in [0, 0.05) is 6.42 Å². The van der Waals surface area contributed by atoms with E-state index in [2.05, 4.69) is 6.58 Å². The molecule has 1 unspecified atom stereocenters. The van der Waals surface area contributed by atoms with E-state index in [1.54, 1.807) is 0 Å². The second-order valence-electron chi connectivity index (χ2n) is 3.20. The maximum Gasteiger partial charge on any atom is 0.183 e. The molecule has 2 heteroatoms. The first-order valence-electron chi connectivity index (χ1n) is 4.71. The minimum absolute atomic E-state index is 0.174. The van der Waals surface area contributed by atoms with E-state index >= 15 is 0 Å². The van der Waals surface area contributed by atoms with Crippen molar-refractivity contribution < 1.29 is 9.47 Å². The van der Waals surface area contributed by atoms with E-state index in [9.17, 15) is 0 Å². The van der Waals surface area contributed by atoms with Crippen molar-refractivity contribution in [2.75, 3.05) is 6.61 Å². The van der Waals surface area contributed by atoms with Gasteiger partial charge in [0.1, 0.15) is 11.9 Å². The highest BCUT2D eigenvalue weighted by Crippen LogP contribution is 2.28. The monoisotopic (exact) mass is 189 g/mol. The predicted octanol–water partition coefficient (Wildman–Crippen LogP) is 2.57. The normalized spacial score (nSPS) is 19.4. The van der Waals surface area contributed by atoms with Gasteiger partial charge in [0.15, 0.2) is 6.10 Å². The summed E-state index contributed by atoms with van der Waals surface area (Å²) in [6.45, 7) is 4.47. The molecule has 1 aliphatic rings. The van der Waals surface area contributed by atoms with Crippen LogP contribution in [0.2, 0.25) is 0 Å².